The van der Waals surface area contributed by atoms with Gasteiger partial charge >= 0.3 is 0 Å². The van der Waals surface area contributed by atoms with E-state index in [0.29, 0.717) is 16.6 Å². The molecule has 0 bridgehead atoms. The summed E-state index contributed by atoms with van der Waals surface area (Å²) in [5, 5.41) is 2.44. The molecule has 100 valence electrons. The monoisotopic (exact) mass is 333 g/mol. The topological polar surface area (TPSA) is 47.0 Å². The summed E-state index contributed by atoms with van der Waals surface area (Å²) in [5.41, 5.74) is -0.275. The number of halogens is 4. The van der Waals surface area contributed by atoms with Crippen LogP contribution in [0.2, 0.25) is 0 Å². The van der Waals surface area contributed by atoms with Crippen molar-refractivity contribution in [1.82, 2.24) is 9.97 Å². The zero-order chi connectivity index (χ0) is 14.0. The highest BCUT2D eigenvalue weighted by molar-refractivity contribution is 9.10. The van der Waals surface area contributed by atoms with Gasteiger partial charge in [0, 0.05) is 12.1 Å². The van der Waals surface area contributed by atoms with Crippen LogP contribution in [0.3, 0.4) is 0 Å². The van der Waals surface area contributed by atoms with Gasteiger partial charge in [0.25, 0.3) is 0 Å². The molecule has 1 aromatic carbocycles. The van der Waals surface area contributed by atoms with Crippen molar-refractivity contribution in [1.29, 1.82) is 0 Å². The molecule has 8 heteroatoms. The van der Waals surface area contributed by atoms with Gasteiger partial charge in [-0.3, -0.25) is 0 Å². The number of nitrogens with one attached hydrogen (secondary N) is 1. The number of hydrogen-bond acceptors (Lipinski definition) is 4. The molecule has 0 saturated carbocycles. The third-order valence-electron chi connectivity index (χ3n) is 2.16. The number of ether oxygens (including phenoxy) is 1. The lowest BCUT2D eigenvalue weighted by molar-refractivity contribution is 0.394. The van der Waals surface area contributed by atoms with Crippen LogP contribution in [0.1, 0.15) is 0 Å². The molecule has 2 rings (SSSR count). The third kappa shape index (κ3) is 2.95. The molecule has 0 aliphatic heterocycles. The largest absolute Gasteiger partial charge is 0.480 e. The zero-order valence-electron chi connectivity index (χ0n) is 9.55. The van der Waals surface area contributed by atoms with Crippen LogP contribution in [0, 0.1) is 17.5 Å². The summed E-state index contributed by atoms with van der Waals surface area (Å²) < 4.78 is 44.6. The maximum absolute atomic E-state index is 13.4. The van der Waals surface area contributed by atoms with E-state index >= 15 is 0 Å². The van der Waals surface area contributed by atoms with Gasteiger partial charge in [0.15, 0.2) is 11.6 Å². The average Bonchev–Trinajstić information content (AvgIpc) is 2.38. The third-order valence-corrected chi connectivity index (χ3v) is 2.71. The minimum atomic E-state index is -1.27. The molecule has 1 N–H and O–H groups in total. The summed E-state index contributed by atoms with van der Waals surface area (Å²) in [6.07, 6.45) is 1.38. The van der Waals surface area contributed by atoms with Gasteiger partial charge in [-0.1, -0.05) is 0 Å². The van der Waals surface area contributed by atoms with E-state index in [2.05, 4.69) is 31.2 Å². The molecule has 0 fully saturated rings. The molecular formula is C11H7BrF3N3O. The quantitative estimate of drug-likeness (QED) is 0.874. The van der Waals surface area contributed by atoms with E-state index in [1.54, 1.807) is 0 Å². The van der Waals surface area contributed by atoms with E-state index in [0.717, 1.165) is 0 Å². The lowest BCUT2D eigenvalue weighted by atomic mass is 10.3. The van der Waals surface area contributed by atoms with E-state index in [-0.39, 0.29) is 17.5 Å². The minimum Gasteiger partial charge on any atom is -0.480 e. The first-order valence-corrected chi connectivity index (χ1v) is 5.78. The maximum atomic E-state index is 13.4. The van der Waals surface area contributed by atoms with E-state index in [9.17, 15) is 13.2 Å². The number of anilines is 2. The highest BCUT2D eigenvalue weighted by Crippen LogP contribution is 2.25. The first-order valence-electron chi connectivity index (χ1n) is 4.99. The van der Waals surface area contributed by atoms with E-state index in [4.69, 9.17) is 4.74 Å². The van der Waals surface area contributed by atoms with Gasteiger partial charge in [-0.25, -0.2) is 18.2 Å². The van der Waals surface area contributed by atoms with Gasteiger partial charge in [-0.05, 0) is 15.9 Å². The summed E-state index contributed by atoms with van der Waals surface area (Å²) in [5.74, 6) is -3.18. The highest BCUT2D eigenvalue weighted by atomic mass is 79.9. The molecule has 19 heavy (non-hydrogen) atoms. The lowest BCUT2D eigenvalue weighted by Gasteiger charge is -2.08. The molecule has 1 aromatic heterocycles. The van der Waals surface area contributed by atoms with Gasteiger partial charge in [0.1, 0.15) is 5.82 Å². The fraction of sp³-hybridized carbons (Fsp3) is 0.0909. The van der Waals surface area contributed by atoms with E-state index in [1.807, 2.05) is 0 Å². The van der Waals surface area contributed by atoms with Crippen LogP contribution in [-0.4, -0.2) is 17.1 Å². The second-order valence-electron chi connectivity index (χ2n) is 3.42. The SMILES string of the molecule is COc1nc(Nc2cc(F)c(F)cc2F)ncc1Br. The molecule has 0 saturated heterocycles. The Morgan fingerprint density at radius 3 is 2.53 bits per heavy atom. The molecule has 0 radical (unpaired) electrons. The van der Waals surface area contributed by atoms with Crippen molar-refractivity contribution < 1.29 is 17.9 Å². The summed E-state index contributed by atoms with van der Waals surface area (Å²) in [6.45, 7) is 0. The second-order valence-corrected chi connectivity index (χ2v) is 4.28. The van der Waals surface area contributed by atoms with Crippen LogP contribution in [0.25, 0.3) is 0 Å². The van der Waals surface area contributed by atoms with Crippen molar-refractivity contribution in [2.75, 3.05) is 12.4 Å². The van der Waals surface area contributed by atoms with Crippen LogP contribution < -0.4 is 10.1 Å². The smallest absolute Gasteiger partial charge is 0.232 e. The molecule has 0 aliphatic carbocycles. The van der Waals surface area contributed by atoms with Crippen molar-refractivity contribution in [3.05, 3.63) is 40.3 Å². The number of hydrogen-bond donors (Lipinski definition) is 1. The highest BCUT2D eigenvalue weighted by Gasteiger charge is 2.12. The van der Waals surface area contributed by atoms with Crippen molar-refractivity contribution >= 4 is 27.6 Å². The van der Waals surface area contributed by atoms with Crippen molar-refractivity contribution in [2.45, 2.75) is 0 Å². The average molecular weight is 334 g/mol. The predicted octanol–water partition coefficient (Wildman–Crippen LogP) is 3.41. The second kappa shape index (κ2) is 5.43. The number of methoxy groups -OCH3 is 1. The number of nitrogens with zero attached hydrogens (tertiary/aromatic N) is 2. The molecular weight excluding hydrogens is 327 g/mol. The standard InChI is InChI=1S/C11H7BrF3N3O/c1-19-10-5(12)4-16-11(18-10)17-9-3-7(14)6(13)2-8(9)15/h2-4H,1H3,(H,16,17,18). The molecule has 0 spiro atoms. The van der Waals surface area contributed by atoms with Crippen molar-refractivity contribution in [3.8, 4) is 5.88 Å². The van der Waals surface area contributed by atoms with Gasteiger partial charge in [0.2, 0.25) is 11.8 Å². The minimum absolute atomic E-state index is 0.00930. The van der Waals surface area contributed by atoms with Gasteiger partial charge in [-0.15, -0.1) is 0 Å². The Bertz CT molecular complexity index is 624. The number of rotatable bonds is 3. The Kier molecular flexibility index (Phi) is 3.89. The van der Waals surface area contributed by atoms with Crippen LogP contribution in [0.4, 0.5) is 24.8 Å². The van der Waals surface area contributed by atoms with Crippen LogP contribution in [0.5, 0.6) is 5.88 Å². The first-order chi connectivity index (χ1) is 9.01. The molecule has 2 aromatic rings. The van der Waals surface area contributed by atoms with Gasteiger partial charge < -0.3 is 10.1 Å². The normalized spacial score (nSPS) is 10.4. The van der Waals surface area contributed by atoms with E-state index < -0.39 is 17.5 Å². The van der Waals surface area contributed by atoms with Crippen LogP contribution in [-0.2, 0) is 0 Å². The Labute approximate surface area is 114 Å². The van der Waals surface area contributed by atoms with Gasteiger partial charge in [-0.2, -0.15) is 4.98 Å². The summed E-state index contributed by atoms with van der Waals surface area (Å²) >= 11 is 3.15. The molecule has 1 heterocycles. The van der Waals surface area contributed by atoms with Crippen LogP contribution in [0.15, 0.2) is 22.8 Å². The lowest BCUT2D eigenvalue weighted by Crippen LogP contribution is -2.02. The molecule has 0 unspecified atom stereocenters. The fourth-order valence-electron chi connectivity index (χ4n) is 1.29. The van der Waals surface area contributed by atoms with Crippen molar-refractivity contribution in [3.63, 3.8) is 0 Å². The maximum Gasteiger partial charge on any atom is 0.232 e. The zero-order valence-corrected chi connectivity index (χ0v) is 11.1. The van der Waals surface area contributed by atoms with E-state index in [1.165, 1.54) is 13.3 Å². The molecule has 4 nitrogen and oxygen atoms in total. The van der Waals surface area contributed by atoms with Crippen molar-refractivity contribution in [2.24, 2.45) is 0 Å². The van der Waals surface area contributed by atoms with Gasteiger partial charge in [0.05, 0.1) is 23.5 Å². The Morgan fingerprint density at radius 2 is 1.84 bits per heavy atom. The molecule has 0 amide bonds. The predicted molar refractivity (Wildman–Crippen MR) is 65.9 cm³/mol. The molecule has 0 aliphatic rings. The molecule has 0 atom stereocenters. The summed E-state index contributed by atoms with van der Waals surface area (Å²) in [6, 6.07) is 1.12. The fourth-order valence-corrected chi connectivity index (χ4v) is 1.65. The Morgan fingerprint density at radius 1 is 1.16 bits per heavy atom. The Hall–Kier alpha value is -1.83. The summed E-state index contributed by atoms with van der Waals surface area (Å²) in [4.78, 5) is 7.75. The number of benzene rings is 1. The van der Waals surface area contributed by atoms with Crippen LogP contribution >= 0.6 is 15.9 Å². The number of aromatic nitrogens is 2. The Balaban J connectivity index is 2.33. The summed E-state index contributed by atoms with van der Waals surface area (Å²) in [7, 11) is 1.40. The first kappa shape index (κ1) is 13.6.